The molecular formula is C13H23NO5P+. The number of esters is 1. The quantitative estimate of drug-likeness (QED) is 0.218. The van der Waals surface area contributed by atoms with E-state index in [9.17, 15) is 9.36 Å². The first-order valence-corrected chi connectivity index (χ1v) is 7.96. The van der Waals surface area contributed by atoms with Crippen molar-refractivity contribution in [1.29, 1.82) is 0 Å². The van der Waals surface area contributed by atoms with Gasteiger partial charge in [0.25, 0.3) is 5.85 Å². The van der Waals surface area contributed by atoms with Crippen molar-refractivity contribution < 1.29 is 23.4 Å². The summed E-state index contributed by atoms with van der Waals surface area (Å²) in [5.41, 5.74) is 0.419. The number of carbonyl (C=O) groups is 1. The fourth-order valence-electron chi connectivity index (χ4n) is 1.21. The van der Waals surface area contributed by atoms with Crippen LogP contribution in [0.15, 0.2) is 12.2 Å². The topological polar surface area (TPSA) is 83.8 Å². The lowest BCUT2D eigenvalue weighted by molar-refractivity contribution is -0.140. The Morgan fingerprint density at radius 3 is 2.60 bits per heavy atom. The van der Waals surface area contributed by atoms with Gasteiger partial charge >= 0.3 is 14.0 Å². The highest BCUT2D eigenvalue weighted by molar-refractivity contribution is 7.39. The van der Waals surface area contributed by atoms with Gasteiger partial charge in [-0.05, 0) is 10.5 Å². The van der Waals surface area contributed by atoms with Crippen molar-refractivity contribution >= 4 is 14.0 Å². The van der Waals surface area contributed by atoms with Crippen molar-refractivity contribution in [1.82, 2.24) is 5.32 Å². The zero-order chi connectivity index (χ0) is 15.1. The van der Waals surface area contributed by atoms with Crippen LogP contribution in [-0.4, -0.2) is 44.2 Å². The summed E-state index contributed by atoms with van der Waals surface area (Å²) in [6.07, 6.45) is 0. The predicted molar refractivity (Wildman–Crippen MR) is 75.7 cm³/mol. The second-order valence-electron chi connectivity index (χ2n) is 4.97. The van der Waals surface area contributed by atoms with Crippen molar-refractivity contribution in [2.75, 3.05) is 26.4 Å². The molecule has 0 radical (unpaired) electrons. The predicted octanol–water partition coefficient (Wildman–Crippen LogP) is 1.84. The van der Waals surface area contributed by atoms with Gasteiger partial charge in [-0.2, -0.15) is 0 Å². The largest absolute Gasteiger partial charge is 0.540 e. The summed E-state index contributed by atoms with van der Waals surface area (Å²) in [5.74, 6) is -0.860. The molecule has 0 aromatic rings. The summed E-state index contributed by atoms with van der Waals surface area (Å²) in [6, 6.07) is 0.379. The molecule has 3 atom stereocenters. The van der Waals surface area contributed by atoms with E-state index in [0.29, 0.717) is 18.2 Å². The molecule has 1 aliphatic rings. The van der Waals surface area contributed by atoms with Gasteiger partial charge in [0.1, 0.15) is 13.2 Å². The molecule has 20 heavy (non-hydrogen) atoms. The normalized spacial score (nSPS) is 19.6. The van der Waals surface area contributed by atoms with Crippen LogP contribution < -0.4 is 5.32 Å². The van der Waals surface area contributed by atoms with Crippen molar-refractivity contribution in [3.63, 3.8) is 0 Å². The Kier molecular flexibility index (Phi) is 7.30. The van der Waals surface area contributed by atoms with Gasteiger partial charge in [-0.3, -0.25) is 0 Å². The van der Waals surface area contributed by atoms with E-state index in [1.54, 1.807) is 6.92 Å². The first kappa shape index (κ1) is 17.2. The number of ether oxygens (including phenoxy) is 2. The van der Waals surface area contributed by atoms with Crippen LogP contribution in [0.5, 0.6) is 0 Å². The number of nitrogens with one attached hydrogen (secondary N) is 1. The van der Waals surface area contributed by atoms with Crippen LogP contribution in [0.2, 0.25) is 0 Å². The van der Waals surface area contributed by atoms with Crippen molar-refractivity contribution in [3.05, 3.63) is 12.2 Å². The molecule has 0 spiro atoms. The zero-order valence-electron chi connectivity index (χ0n) is 12.3. The van der Waals surface area contributed by atoms with E-state index in [1.165, 1.54) is 0 Å². The molecule has 0 aromatic heterocycles. The molecule has 1 rings (SSSR count). The second kappa shape index (κ2) is 8.47. The van der Waals surface area contributed by atoms with E-state index in [1.807, 2.05) is 13.8 Å². The molecule has 1 heterocycles. The lowest BCUT2D eigenvalue weighted by Gasteiger charge is -2.08. The van der Waals surface area contributed by atoms with E-state index in [2.05, 4.69) is 11.9 Å². The van der Waals surface area contributed by atoms with E-state index >= 15 is 0 Å². The minimum Gasteiger partial charge on any atom is -0.460 e. The second-order valence-corrected chi connectivity index (χ2v) is 6.53. The lowest BCUT2D eigenvalue weighted by atomic mass is 10.1. The van der Waals surface area contributed by atoms with E-state index < -0.39 is 19.8 Å². The highest BCUT2D eigenvalue weighted by Crippen LogP contribution is 2.30. The van der Waals surface area contributed by atoms with E-state index in [-0.39, 0.29) is 19.1 Å². The summed E-state index contributed by atoms with van der Waals surface area (Å²) in [5, 5.41) is 3.09. The fourth-order valence-corrected chi connectivity index (χ4v) is 1.88. The van der Waals surface area contributed by atoms with Crippen LogP contribution in [0.1, 0.15) is 20.8 Å². The van der Waals surface area contributed by atoms with Crippen LogP contribution in [-0.2, 0) is 23.4 Å². The first-order chi connectivity index (χ1) is 9.41. The van der Waals surface area contributed by atoms with Crippen molar-refractivity contribution in [2.24, 2.45) is 5.92 Å². The van der Waals surface area contributed by atoms with Gasteiger partial charge in [-0.15, -0.1) is 4.52 Å². The highest BCUT2D eigenvalue weighted by Gasteiger charge is 2.31. The monoisotopic (exact) mass is 304 g/mol. The van der Waals surface area contributed by atoms with E-state index in [4.69, 9.17) is 14.0 Å². The van der Waals surface area contributed by atoms with Crippen LogP contribution in [0.25, 0.3) is 0 Å². The molecule has 3 unspecified atom stereocenters. The summed E-state index contributed by atoms with van der Waals surface area (Å²) in [6.45, 7) is 10.7. The average Bonchev–Trinajstić information content (AvgIpc) is 3.23. The van der Waals surface area contributed by atoms with Gasteiger partial charge in [0.15, 0.2) is 0 Å². The maximum absolute atomic E-state index is 11.7. The SMILES string of the molecule is C=C(C(=O)OCCO[P+](=O)C(C)OCC1CN1)C(C)C. The van der Waals surface area contributed by atoms with Gasteiger partial charge in [-0.1, -0.05) is 20.4 Å². The summed E-state index contributed by atoms with van der Waals surface area (Å²) in [4.78, 5) is 11.5. The molecule has 0 saturated carbocycles. The Hall–Kier alpha value is -0.810. The lowest BCUT2D eigenvalue weighted by Crippen LogP contribution is -2.15. The van der Waals surface area contributed by atoms with Gasteiger partial charge < -0.3 is 14.8 Å². The van der Waals surface area contributed by atoms with Crippen molar-refractivity contribution in [2.45, 2.75) is 32.7 Å². The number of rotatable bonds is 10. The first-order valence-electron chi connectivity index (χ1n) is 6.72. The smallest absolute Gasteiger partial charge is 0.460 e. The molecule has 7 heteroatoms. The van der Waals surface area contributed by atoms with Gasteiger partial charge in [0.05, 0.1) is 6.61 Å². The Bertz CT molecular complexity index is 368. The van der Waals surface area contributed by atoms with Gasteiger partial charge in [-0.25, -0.2) is 4.79 Å². The molecule has 1 N–H and O–H groups in total. The summed E-state index contributed by atoms with van der Waals surface area (Å²) in [7, 11) is -1.92. The molecule has 114 valence electrons. The third-order valence-corrected chi connectivity index (χ3v) is 4.00. The third-order valence-electron chi connectivity index (χ3n) is 2.82. The Balaban J connectivity index is 2.08. The standard InChI is InChI=1S/C13H23NO5P/c1-9(2)10(3)13(15)17-5-6-19-20(16)11(4)18-8-12-7-14-12/h9,11-12,14H,3,5-8H2,1-2,4H3/q+1. The Morgan fingerprint density at radius 1 is 1.40 bits per heavy atom. The molecule has 0 aromatic carbocycles. The molecule has 6 nitrogen and oxygen atoms in total. The fraction of sp³-hybridized carbons (Fsp3) is 0.769. The Labute approximate surface area is 120 Å². The molecule has 0 bridgehead atoms. The molecule has 1 aliphatic heterocycles. The number of carbonyl (C=O) groups excluding carboxylic acids is 1. The van der Waals surface area contributed by atoms with Crippen LogP contribution in [0.4, 0.5) is 0 Å². The van der Waals surface area contributed by atoms with Crippen molar-refractivity contribution in [3.8, 4) is 0 Å². The Morgan fingerprint density at radius 2 is 2.05 bits per heavy atom. The maximum atomic E-state index is 11.7. The molecule has 1 saturated heterocycles. The van der Waals surface area contributed by atoms with Crippen LogP contribution in [0.3, 0.4) is 0 Å². The maximum Gasteiger partial charge on any atom is 0.540 e. The summed E-state index contributed by atoms with van der Waals surface area (Å²) >= 11 is 0. The third kappa shape index (κ3) is 6.57. The summed E-state index contributed by atoms with van der Waals surface area (Å²) < 4.78 is 27.1. The van der Waals surface area contributed by atoms with Gasteiger partial charge in [0, 0.05) is 25.1 Å². The minimum absolute atomic E-state index is 0.0458. The number of hydrogen-bond donors (Lipinski definition) is 1. The van der Waals surface area contributed by atoms with E-state index in [0.717, 1.165) is 6.54 Å². The molecule has 0 aliphatic carbocycles. The molecule has 1 fully saturated rings. The molecule has 0 amide bonds. The molecular weight excluding hydrogens is 281 g/mol. The number of hydrogen-bond acceptors (Lipinski definition) is 6. The van der Waals surface area contributed by atoms with Crippen LogP contribution >= 0.6 is 8.03 Å². The zero-order valence-corrected chi connectivity index (χ0v) is 13.2. The van der Waals surface area contributed by atoms with Crippen LogP contribution in [0, 0.1) is 5.92 Å². The average molecular weight is 304 g/mol. The van der Waals surface area contributed by atoms with Gasteiger partial charge in [0.2, 0.25) is 0 Å². The highest BCUT2D eigenvalue weighted by atomic mass is 31.1. The minimum atomic E-state index is -1.92.